The number of amides is 2. The highest BCUT2D eigenvalue weighted by molar-refractivity contribution is 5.90. The Morgan fingerprint density at radius 2 is 2.04 bits per heavy atom. The Labute approximate surface area is 132 Å². The van der Waals surface area contributed by atoms with Crippen LogP contribution in [0.2, 0.25) is 0 Å². The quantitative estimate of drug-likeness (QED) is 0.800. The molecule has 1 aliphatic rings. The number of alkyl halides is 3. The van der Waals surface area contributed by atoms with Crippen molar-refractivity contribution in [2.75, 3.05) is 20.1 Å². The predicted molar refractivity (Wildman–Crippen MR) is 78.5 cm³/mol. The Kier molecular flexibility index (Phi) is 4.77. The van der Waals surface area contributed by atoms with Crippen molar-refractivity contribution >= 4 is 11.8 Å². The van der Waals surface area contributed by atoms with Gasteiger partial charge in [-0.1, -0.05) is 30.8 Å². The first kappa shape index (κ1) is 17.1. The summed E-state index contributed by atoms with van der Waals surface area (Å²) in [6.07, 6.45) is -3.38. The molecule has 0 saturated heterocycles. The summed E-state index contributed by atoms with van der Waals surface area (Å²) in [5, 5.41) is 0. The lowest BCUT2D eigenvalue weighted by Gasteiger charge is -2.36. The Morgan fingerprint density at radius 3 is 2.65 bits per heavy atom. The molecular weight excluding hydrogens is 309 g/mol. The number of carbonyl (C=O) groups excluding carboxylic acids is 2. The molecule has 0 radical (unpaired) electrons. The molecule has 1 aromatic rings. The van der Waals surface area contributed by atoms with Crippen LogP contribution < -0.4 is 0 Å². The number of fused-ring (bicyclic) bond motifs is 1. The molecule has 1 aromatic carbocycles. The molecule has 124 valence electrons. The molecule has 1 heterocycles. The van der Waals surface area contributed by atoms with Gasteiger partial charge in [0.25, 0.3) is 0 Å². The van der Waals surface area contributed by atoms with Gasteiger partial charge >= 0.3 is 6.18 Å². The zero-order valence-electron chi connectivity index (χ0n) is 12.6. The fourth-order valence-corrected chi connectivity index (χ4v) is 2.61. The minimum atomic E-state index is -4.43. The van der Waals surface area contributed by atoms with E-state index < -0.39 is 30.5 Å². The standard InChI is InChI=1S/C16H17F3N2O2/c1-3-14(22)20(2)10-15(23)21-8-11-6-4-5-7-12(11)13(9-21)16(17,18)19/h3-7,13H,1,8-10H2,2H3. The van der Waals surface area contributed by atoms with E-state index in [1.165, 1.54) is 13.1 Å². The van der Waals surface area contributed by atoms with Crippen LogP contribution in [0, 0.1) is 0 Å². The predicted octanol–water partition coefficient (Wildman–Crippen LogP) is 2.32. The Morgan fingerprint density at radius 1 is 1.39 bits per heavy atom. The van der Waals surface area contributed by atoms with Gasteiger partial charge in [0.1, 0.15) is 0 Å². The Balaban J connectivity index is 2.21. The van der Waals surface area contributed by atoms with Crippen LogP contribution in [0.25, 0.3) is 0 Å². The molecule has 0 aromatic heterocycles. The van der Waals surface area contributed by atoms with Gasteiger partial charge in [0, 0.05) is 20.1 Å². The molecule has 7 heteroatoms. The summed E-state index contributed by atoms with van der Waals surface area (Å²) in [6.45, 7) is 2.70. The molecule has 0 spiro atoms. The Bertz CT molecular complexity index is 628. The lowest BCUT2D eigenvalue weighted by Crippen LogP contribution is -2.46. The maximum absolute atomic E-state index is 13.3. The number of likely N-dealkylation sites (N-methyl/N-ethyl adjacent to an activating group) is 1. The van der Waals surface area contributed by atoms with E-state index in [0.717, 1.165) is 15.9 Å². The average molecular weight is 326 g/mol. The number of benzene rings is 1. The molecule has 1 atom stereocenters. The van der Waals surface area contributed by atoms with E-state index in [1.807, 2.05) is 0 Å². The van der Waals surface area contributed by atoms with Crippen molar-refractivity contribution in [3.05, 3.63) is 48.0 Å². The van der Waals surface area contributed by atoms with Crippen molar-refractivity contribution in [2.24, 2.45) is 0 Å². The van der Waals surface area contributed by atoms with Crippen LogP contribution in [0.4, 0.5) is 13.2 Å². The van der Waals surface area contributed by atoms with E-state index in [-0.39, 0.29) is 18.7 Å². The van der Waals surface area contributed by atoms with Crippen LogP contribution >= 0.6 is 0 Å². The van der Waals surface area contributed by atoms with Gasteiger partial charge < -0.3 is 9.80 Å². The highest BCUT2D eigenvalue weighted by atomic mass is 19.4. The number of carbonyl (C=O) groups is 2. The lowest BCUT2D eigenvalue weighted by atomic mass is 9.89. The number of hydrogen-bond acceptors (Lipinski definition) is 2. The second kappa shape index (κ2) is 6.44. The SMILES string of the molecule is C=CC(=O)N(C)CC(=O)N1Cc2ccccc2C(C(F)(F)F)C1. The summed E-state index contributed by atoms with van der Waals surface area (Å²) in [5.41, 5.74) is 0.687. The summed E-state index contributed by atoms with van der Waals surface area (Å²) in [7, 11) is 1.40. The summed E-state index contributed by atoms with van der Waals surface area (Å²) < 4.78 is 39.9. The molecule has 23 heavy (non-hydrogen) atoms. The largest absolute Gasteiger partial charge is 0.397 e. The van der Waals surface area contributed by atoms with Crippen molar-refractivity contribution in [3.8, 4) is 0 Å². The van der Waals surface area contributed by atoms with Crippen molar-refractivity contribution < 1.29 is 22.8 Å². The fourth-order valence-electron chi connectivity index (χ4n) is 2.61. The number of nitrogens with zero attached hydrogens (tertiary/aromatic N) is 2. The van der Waals surface area contributed by atoms with Crippen LogP contribution in [0.5, 0.6) is 0 Å². The van der Waals surface area contributed by atoms with Crippen LogP contribution in [0.15, 0.2) is 36.9 Å². The molecule has 0 N–H and O–H groups in total. The van der Waals surface area contributed by atoms with Crippen molar-refractivity contribution in [1.29, 1.82) is 0 Å². The molecule has 4 nitrogen and oxygen atoms in total. The zero-order valence-corrected chi connectivity index (χ0v) is 12.6. The third-order valence-corrected chi connectivity index (χ3v) is 3.87. The zero-order chi connectivity index (χ0) is 17.2. The van der Waals surface area contributed by atoms with E-state index in [4.69, 9.17) is 0 Å². The van der Waals surface area contributed by atoms with Gasteiger partial charge in [-0.15, -0.1) is 0 Å². The number of hydrogen-bond donors (Lipinski definition) is 0. The molecule has 2 rings (SSSR count). The molecule has 1 unspecified atom stereocenters. The molecule has 0 saturated carbocycles. The smallest absolute Gasteiger partial charge is 0.336 e. The normalized spacial score (nSPS) is 17.4. The van der Waals surface area contributed by atoms with Gasteiger partial charge in [-0.25, -0.2) is 0 Å². The third kappa shape index (κ3) is 3.72. The summed E-state index contributed by atoms with van der Waals surface area (Å²) >= 11 is 0. The first-order valence-corrected chi connectivity index (χ1v) is 7.04. The minimum absolute atomic E-state index is 0.109. The fraction of sp³-hybridized carbons (Fsp3) is 0.375. The molecule has 1 aliphatic heterocycles. The van der Waals surface area contributed by atoms with Crippen molar-refractivity contribution in [2.45, 2.75) is 18.6 Å². The van der Waals surface area contributed by atoms with Crippen LogP contribution in [0.1, 0.15) is 17.0 Å². The van der Waals surface area contributed by atoms with Gasteiger partial charge in [-0.05, 0) is 17.2 Å². The van der Waals surface area contributed by atoms with Crippen molar-refractivity contribution in [3.63, 3.8) is 0 Å². The van der Waals surface area contributed by atoms with E-state index >= 15 is 0 Å². The first-order valence-electron chi connectivity index (χ1n) is 7.04. The number of rotatable bonds is 3. The van der Waals surface area contributed by atoms with Gasteiger partial charge in [0.05, 0.1) is 12.5 Å². The maximum atomic E-state index is 13.3. The molecule has 0 fully saturated rings. The highest BCUT2D eigenvalue weighted by Gasteiger charge is 2.45. The summed E-state index contributed by atoms with van der Waals surface area (Å²) in [5.74, 6) is -2.69. The maximum Gasteiger partial charge on any atom is 0.397 e. The summed E-state index contributed by atoms with van der Waals surface area (Å²) in [4.78, 5) is 25.9. The van der Waals surface area contributed by atoms with Gasteiger partial charge in [0.2, 0.25) is 11.8 Å². The van der Waals surface area contributed by atoms with Gasteiger partial charge in [-0.3, -0.25) is 9.59 Å². The highest BCUT2D eigenvalue weighted by Crippen LogP contribution is 2.40. The van der Waals surface area contributed by atoms with E-state index in [2.05, 4.69) is 6.58 Å². The summed E-state index contributed by atoms with van der Waals surface area (Å²) in [6, 6.07) is 6.24. The second-order valence-electron chi connectivity index (χ2n) is 5.47. The van der Waals surface area contributed by atoms with Crippen LogP contribution in [0.3, 0.4) is 0 Å². The molecular formula is C16H17F3N2O2. The van der Waals surface area contributed by atoms with Crippen LogP contribution in [-0.4, -0.2) is 47.9 Å². The number of halogens is 3. The van der Waals surface area contributed by atoms with E-state index in [9.17, 15) is 22.8 Å². The average Bonchev–Trinajstić information content (AvgIpc) is 2.51. The van der Waals surface area contributed by atoms with E-state index in [1.54, 1.807) is 18.2 Å². The lowest BCUT2D eigenvalue weighted by molar-refractivity contribution is -0.162. The molecule has 0 aliphatic carbocycles. The topological polar surface area (TPSA) is 40.6 Å². The van der Waals surface area contributed by atoms with E-state index in [0.29, 0.717) is 5.56 Å². The monoisotopic (exact) mass is 326 g/mol. The molecule has 2 amide bonds. The van der Waals surface area contributed by atoms with Crippen LogP contribution in [-0.2, 0) is 16.1 Å². The minimum Gasteiger partial charge on any atom is -0.336 e. The van der Waals surface area contributed by atoms with Gasteiger partial charge in [0.15, 0.2) is 0 Å². The Hall–Kier alpha value is -2.31. The molecule has 0 bridgehead atoms. The second-order valence-corrected chi connectivity index (χ2v) is 5.47. The van der Waals surface area contributed by atoms with Gasteiger partial charge in [-0.2, -0.15) is 13.2 Å². The third-order valence-electron chi connectivity index (χ3n) is 3.87. The van der Waals surface area contributed by atoms with Crippen molar-refractivity contribution in [1.82, 2.24) is 9.80 Å². The first-order chi connectivity index (χ1) is 10.7.